The fourth-order valence-electron chi connectivity index (χ4n) is 2.71. The van der Waals surface area contributed by atoms with Gasteiger partial charge in [-0.05, 0) is 32.1 Å². The molecule has 0 aromatic carbocycles. The van der Waals surface area contributed by atoms with E-state index in [0.717, 1.165) is 32.1 Å². The van der Waals surface area contributed by atoms with Crippen LogP contribution in [0, 0.1) is 0 Å². The van der Waals surface area contributed by atoms with Crippen LogP contribution in [-0.2, 0) is 9.59 Å². The quantitative estimate of drug-likeness (QED) is 0.727. The van der Waals surface area contributed by atoms with Crippen molar-refractivity contribution in [3.05, 3.63) is 0 Å². The third kappa shape index (κ3) is 2.44. The lowest BCUT2D eigenvalue weighted by Gasteiger charge is -2.39. The third-order valence-corrected chi connectivity index (χ3v) is 3.97. The van der Waals surface area contributed by atoms with E-state index in [9.17, 15) is 9.59 Å². The molecular formula is C12H21N3O2. The highest BCUT2D eigenvalue weighted by atomic mass is 16.2. The Morgan fingerprint density at radius 1 is 1.41 bits per heavy atom. The second kappa shape index (κ2) is 4.64. The minimum absolute atomic E-state index is 0.0401. The molecule has 3 N–H and O–H groups in total. The SMILES string of the molecule is CNC(=O)[C@H]1CCCN1C(=O)CC1(N)CCC1. The van der Waals surface area contributed by atoms with Gasteiger partial charge in [0.05, 0.1) is 0 Å². The maximum atomic E-state index is 12.2. The normalized spacial score (nSPS) is 26.5. The first-order chi connectivity index (χ1) is 8.06. The Morgan fingerprint density at radius 3 is 2.65 bits per heavy atom. The van der Waals surface area contributed by atoms with Gasteiger partial charge in [0.15, 0.2) is 0 Å². The molecule has 2 fully saturated rings. The van der Waals surface area contributed by atoms with E-state index in [0.29, 0.717) is 13.0 Å². The van der Waals surface area contributed by atoms with Crippen molar-refractivity contribution in [2.75, 3.05) is 13.6 Å². The lowest BCUT2D eigenvalue weighted by Crippen LogP contribution is -2.52. The van der Waals surface area contributed by atoms with E-state index in [4.69, 9.17) is 5.73 Å². The number of carbonyl (C=O) groups excluding carboxylic acids is 2. The first kappa shape index (κ1) is 12.4. The van der Waals surface area contributed by atoms with Crippen LogP contribution in [0.5, 0.6) is 0 Å². The topological polar surface area (TPSA) is 75.4 Å². The predicted molar refractivity (Wildman–Crippen MR) is 64.2 cm³/mol. The summed E-state index contributed by atoms with van der Waals surface area (Å²) in [5, 5.41) is 2.62. The molecule has 1 atom stereocenters. The second-order valence-electron chi connectivity index (χ2n) is 5.25. The largest absolute Gasteiger partial charge is 0.357 e. The Morgan fingerprint density at radius 2 is 2.12 bits per heavy atom. The van der Waals surface area contributed by atoms with E-state index >= 15 is 0 Å². The Balaban J connectivity index is 1.96. The first-order valence-electron chi connectivity index (χ1n) is 6.36. The standard InChI is InChI=1S/C12H21N3O2/c1-14-11(17)9-4-2-7-15(9)10(16)8-12(13)5-3-6-12/h9H,2-8,13H2,1H3,(H,14,17)/t9-/m1/s1. The average Bonchev–Trinajstić information content (AvgIpc) is 2.74. The van der Waals surface area contributed by atoms with Gasteiger partial charge >= 0.3 is 0 Å². The molecule has 2 rings (SSSR count). The van der Waals surface area contributed by atoms with E-state index < -0.39 is 0 Å². The maximum absolute atomic E-state index is 12.2. The summed E-state index contributed by atoms with van der Waals surface area (Å²) >= 11 is 0. The summed E-state index contributed by atoms with van der Waals surface area (Å²) < 4.78 is 0. The molecule has 0 spiro atoms. The molecule has 1 aliphatic heterocycles. The highest BCUT2D eigenvalue weighted by Gasteiger charge is 2.39. The number of amides is 2. The molecule has 1 heterocycles. The van der Waals surface area contributed by atoms with Gasteiger partial charge in [0.25, 0.3) is 0 Å². The second-order valence-corrected chi connectivity index (χ2v) is 5.25. The lowest BCUT2D eigenvalue weighted by molar-refractivity contribution is -0.139. The fourth-order valence-corrected chi connectivity index (χ4v) is 2.71. The number of carbonyl (C=O) groups is 2. The average molecular weight is 239 g/mol. The van der Waals surface area contributed by atoms with E-state index in [1.807, 2.05) is 0 Å². The summed E-state index contributed by atoms with van der Waals surface area (Å²) in [7, 11) is 1.61. The van der Waals surface area contributed by atoms with Crippen LogP contribution in [0.15, 0.2) is 0 Å². The van der Waals surface area contributed by atoms with Crippen LogP contribution in [0.25, 0.3) is 0 Å². The lowest BCUT2D eigenvalue weighted by atomic mass is 9.75. The van der Waals surface area contributed by atoms with Crippen molar-refractivity contribution in [3.63, 3.8) is 0 Å². The molecular weight excluding hydrogens is 218 g/mol. The molecule has 0 bridgehead atoms. The van der Waals surface area contributed by atoms with Gasteiger partial charge in [-0.25, -0.2) is 0 Å². The molecule has 0 unspecified atom stereocenters. The Hall–Kier alpha value is -1.10. The van der Waals surface area contributed by atoms with Crippen molar-refractivity contribution in [3.8, 4) is 0 Å². The fraction of sp³-hybridized carbons (Fsp3) is 0.833. The molecule has 0 aromatic rings. The zero-order valence-electron chi connectivity index (χ0n) is 10.4. The first-order valence-corrected chi connectivity index (χ1v) is 6.36. The number of nitrogens with two attached hydrogens (primary N) is 1. The van der Waals surface area contributed by atoms with Gasteiger partial charge in [0, 0.05) is 25.6 Å². The summed E-state index contributed by atoms with van der Waals surface area (Å²) in [4.78, 5) is 25.5. The summed E-state index contributed by atoms with van der Waals surface area (Å²) in [5.74, 6) is -0.0196. The van der Waals surface area contributed by atoms with Gasteiger partial charge in [-0.2, -0.15) is 0 Å². The van der Waals surface area contributed by atoms with Crippen LogP contribution < -0.4 is 11.1 Å². The van der Waals surface area contributed by atoms with E-state index in [1.165, 1.54) is 0 Å². The van der Waals surface area contributed by atoms with Crippen molar-refractivity contribution in [2.45, 2.75) is 50.1 Å². The van der Waals surface area contributed by atoms with Crippen molar-refractivity contribution < 1.29 is 9.59 Å². The molecule has 96 valence electrons. The van der Waals surface area contributed by atoms with Crippen molar-refractivity contribution in [1.29, 1.82) is 0 Å². The Labute approximate surface area is 102 Å². The Kier molecular flexibility index (Phi) is 3.38. The minimum atomic E-state index is -0.299. The number of hydrogen-bond donors (Lipinski definition) is 2. The predicted octanol–water partition coefficient (Wildman–Crippen LogP) is -0.00510. The van der Waals surface area contributed by atoms with E-state index in [1.54, 1.807) is 11.9 Å². The van der Waals surface area contributed by atoms with Crippen LogP contribution in [-0.4, -0.2) is 41.9 Å². The molecule has 2 aliphatic rings. The van der Waals surface area contributed by atoms with Gasteiger partial charge < -0.3 is 16.0 Å². The number of nitrogens with zero attached hydrogens (tertiary/aromatic N) is 1. The van der Waals surface area contributed by atoms with Gasteiger partial charge in [0.2, 0.25) is 11.8 Å². The van der Waals surface area contributed by atoms with Crippen molar-refractivity contribution in [1.82, 2.24) is 10.2 Å². The van der Waals surface area contributed by atoms with Crippen LogP contribution >= 0.6 is 0 Å². The van der Waals surface area contributed by atoms with Crippen LogP contribution in [0.4, 0.5) is 0 Å². The number of nitrogens with one attached hydrogen (secondary N) is 1. The van der Waals surface area contributed by atoms with Crippen molar-refractivity contribution in [2.24, 2.45) is 5.73 Å². The zero-order valence-corrected chi connectivity index (χ0v) is 10.4. The monoisotopic (exact) mass is 239 g/mol. The summed E-state index contributed by atoms with van der Waals surface area (Å²) in [6, 6.07) is -0.281. The molecule has 0 radical (unpaired) electrons. The molecule has 0 aromatic heterocycles. The smallest absolute Gasteiger partial charge is 0.242 e. The molecule has 1 saturated carbocycles. The number of likely N-dealkylation sites (N-methyl/N-ethyl adjacent to an activating group) is 1. The minimum Gasteiger partial charge on any atom is -0.357 e. The van der Waals surface area contributed by atoms with E-state index in [-0.39, 0.29) is 23.4 Å². The van der Waals surface area contributed by atoms with Crippen molar-refractivity contribution >= 4 is 11.8 Å². The maximum Gasteiger partial charge on any atom is 0.242 e. The third-order valence-electron chi connectivity index (χ3n) is 3.97. The highest BCUT2D eigenvalue weighted by molar-refractivity contribution is 5.88. The van der Waals surface area contributed by atoms with E-state index in [2.05, 4.69) is 5.32 Å². The molecule has 17 heavy (non-hydrogen) atoms. The van der Waals surface area contributed by atoms with Gasteiger partial charge in [-0.1, -0.05) is 0 Å². The molecule has 1 saturated heterocycles. The van der Waals surface area contributed by atoms with Crippen LogP contribution in [0.2, 0.25) is 0 Å². The van der Waals surface area contributed by atoms with Crippen LogP contribution in [0.1, 0.15) is 38.5 Å². The number of rotatable bonds is 3. The van der Waals surface area contributed by atoms with Gasteiger partial charge in [-0.15, -0.1) is 0 Å². The summed E-state index contributed by atoms with van der Waals surface area (Å²) in [6.07, 6.45) is 5.03. The number of hydrogen-bond acceptors (Lipinski definition) is 3. The van der Waals surface area contributed by atoms with Gasteiger partial charge in [0.1, 0.15) is 6.04 Å². The molecule has 1 aliphatic carbocycles. The van der Waals surface area contributed by atoms with Gasteiger partial charge in [-0.3, -0.25) is 9.59 Å². The number of likely N-dealkylation sites (tertiary alicyclic amines) is 1. The summed E-state index contributed by atoms with van der Waals surface area (Å²) in [5.41, 5.74) is 5.78. The molecule has 2 amide bonds. The van der Waals surface area contributed by atoms with Crippen LogP contribution in [0.3, 0.4) is 0 Å². The molecule has 5 nitrogen and oxygen atoms in total. The highest BCUT2D eigenvalue weighted by Crippen LogP contribution is 2.33. The summed E-state index contributed by atoms with van der Waals surface area (Å²) in [6.45, 7) is 0.688. The zero-order chi connectivity index (χ0) is 12.5. The molecule has 5 heteroatoms. The Bertz CT molecular complexity index is 326.